The van der Waals surface area contributed by atoms with Gasteiger partial charge >= 0.3 is 5.00 Å². The summed E-state index contributed by atoms with van der Waals surface area (Å²) in [5.74, 6) is 0.655. The maximum absolute atomic E-state index is 12.2. The zero-order valence-electron chi connectivity index (χ0n) is 13.8. The van der Waals surface area contributed by atoms with Crippen LogP contribution in [-0.2, 0) is 4.79 Å². The van der Waals surface area contributed by atoms with Crippen LogP contribution in [0.25, 0.3) is 6.08 Å². The van der Waals surface area contributed by atoms with Gasteiger partial charge in [0.05, 0.1) is 10.6 Å². The normalized spacial score (nSPS) is 10.7. The molecule has 0 fully saturated rings. The van der Waals surface area contributed by atoms with Gasteiger partial charge in [-0.25, -0.2) is 0 Å². The average Bonchev–Trinajstić information content (AvgIpc) is 3.13. The second-order valence-electron chi connectivity index (χ2n) is 5.31. The Kier molecular flexibility index (Phi) is 5.85. The van der Waals surface area contributed by atoms with Gasteiger partial charge in [0.25, 0.3) is 0 Å². The van der Waals surface area contributed by atoms with Crippen molar-refractivity contribution in [2.24, 2.45) is 0 Å². The third kappa shape index (κ3) is 5.16. The third-order valence-electron chi connectivity index (χ3n) is 3.36. The van der Waals surface area contributed by atoms with Gasteiger partial charge in [0.2, 0.25) is 5.91 Å². The van der Waals surface area contributed by atoms with Crippen molar-refractivity contribution in [3.8, 4) is 11.5 Å². The number of carbonyl (C=O) groups excluding carboxylic acids is 1. The molecule has 0 aliphatic carbocycles. The number of para-hydroxylation sites is 1. The van der Waals surface area contributed by atoms with Crippen molar-refractivity contribution in [1.82, 2.24) is 0 Å². The molecule has 0 saturated carbocycles. The standard InChI is InChI=1S/C19H13ClN2O4S/c20-13-6-9-17(26-14-4-2-1-3-5-14)16(12-13)21-18(23)10-7-15-8-11-19(27-15)22(24)25/h1-12H,(H,21,23)/b10-7+. The van der Waals surface area contributed by atoms with Gasteiger partial charge < -0.3 is 10.1 Å². The lowest BCUT2D eigenvalue weighted by molar-refractivity contribution is -0.380. The molecule has 27 heavy (non-hydrogen) atoms. The number of ether oxygens (including phenoxy) is 1. The Morgan fingerprint density at radius 3 is 2.63 bits per heavy atom. The summed E-state index contributed by atoms with van der Waals surface area (Å²) in [6, 6.07) is 17.0. The smallest absolute Gasteiger partial charge is 0.324 e. The molecule has 3 aromatic rings. The lowest BCUT2D eigenvalue weighted by Gasteiger charge is -2.12. The first-order valence-corrected chi connectivity index (χ1v) is 8.96. The van der Waals surface area contributed by atoms with Gasteiger partial charge in [-0.1, -0.05) is 41.1 Å². The molecular weight excluding hydrogens is 388 g/mol. The van der Waals surface area contributed by atoms with Crippen LogP contribution in [0, 0.1) is 10.1 Å². The highest BCUT2D eigenvalue weighted by Gasteiger charge is 2.10. The van der Waals surface area contributed by atoms with Crippen molar-refractivity contribution < 1.29 is 14.5 Å². The largest absolute Gasteiger partial charge is 0.455 e. The Hall–Kier alpha value is -3.16. The number of anilines is 1. The number of benzene rings is 2. The fraction of sp³-hybridized carbons (Fsp3) is 0. The highest BCUT2D eigenvalue weighted by molar-refractivity contribution is 7.16. The number of halogens is 1. The van der Waals surface area contributed by atoms with Crippen LogP contribution in [0.2, 0.25) is 5.02 Å². The number of nitrogens with zero attached hydrogens (tertiary/aromatic N) is 1. The second kappa shape index (κ2) is 8.48. The summed E-state index contributed by atoms with van der Waals surface area (Å²) in [5.41, 5.74) is 0.415. The van der Waals surface area contributed by atoms with Crippen LogP contribution in [-0.4, -0.2) is 10.8 Å². The summed E-state index contributed by atoms with van der Waals surface area (Å²) in [6.07, 6.45) is 2.80. The van der Waals surface area contributed by atoms with E-state index in [1.807, 2.05) is 18.2 Å². The number of rotatable bonds is 6. The van der Waals surface area contributed by atoms with Crippen molar-refractivity contribution in [3.63, 3.8) is 0 Å². The molecule has 1 amide bonds. The Balaban J connectivity index is 1.73. The van der Waals surface area contributed by atoms with E-state index in [0.717, 1.165) is 11.3 Å². The Labute approximate surface area is 163 Å². The molecule has 8 heteroatoms. The summed E-state index contributed by atoms with van der Waals surface area (Å²) >= 11 is 7.01. The number of hydrogen-bond acceptors (Lipinski definition) is 5. The summed E-state index contributed by atoms with van der Waals surface area (Å²) in [5, 5.41) is 13.9. The first kappa shape index (κ1) is 18.6. The maximum atomic E-state index is 12.2. The topological polar surface area (TPSA) is 81.5 Å². The van der Waals surface area contributed by atoms with Crippen molar-refractivity contribution in [2.45, 2.75) is 0 Å². The molecule has 0 saturated heterocycles. The molecule has 136 valence electrons. The van der Waals surface area contributed by atoms with E-state index in [4.69, 9.17) is 16.3 Å². The number of nitro groups is 1. The summed E-state index contributed by atoms with van der Waals surface area (Å²) in [6.45, 7) is 0. The first-order valence-electron chi connectivity index (χ1n) is 7.77. The summed E-state index contributed by atoms with van der Waals surface area (Å²) < 4.78 is 5.79. The van der Waals surface area contributed by atoms with Crippen molar-refractivity contribution in [1.29, 1.82) is 0 Å². The SMILES string of the molecule is O=C(/C=C/c1ccc([N+](=O)[O-])s1)Nc1cc(Cl)ccc1Oc1ccccc1. The Morgan fingerprint density at radius 1 is 1.15 bits per heavy atom. The van der Waals surface area contributed by atoms with E-state index in [-0.39, 0.29) is 5.00 Å². The molecule has 0 aliphatic heterocycles. The zero-order valence-corrected chi connectivity index (χ0v) is 15.4. The molecule has 0 spiro atoms. The van der Waals surface area contributed by atoms with Crippen LogP contribution in [0.5, 0.6) is 11.5 Å². The molecule has 0 aliphatic rings. The lowest BCUT2D eigenvalue weighted by Crippen LogP contribution is -2.08. The van der Waals surface area contributed by atoms with E-state index >= 15 is 0 Å². The predicted molar refractivity (Wildman–Crippen MR) is 107 cm³/mol. The van der Waals surface area contributed by atoms with Crippen LogP contribution in [0.1, 0.15) is 4.88 Å². The minimum atomic E-state index is -0.471. The van der Waals surface area contributed by atoms with Crippen LogP contribution < -0.4 is 10.1 Å². The van der Waals surface area contributed by atoms with E-state index in [1.165, 1.54) is 18.2 Å². The predicted octanol–water partition coefficient (Wildman–Crippen LogP) is 5.75. The molecule has 3 rings (SSSR count). The highest BCUT2D eigenvalue weighted by atomic mass is 35.5. The van der Waals surface area contributed by atoms with Gasteiger partial charge in [-0.05, 0) is 42.5 Å². The van der Waals surface area contributed by atoms with E-state index in [2.05, 4.69) is 5.32 Å². The molecule has 0 atom stereocenters. The van der Waals surface area contributed by atoms with Gasteiger partial charge in [0, 0.05) is 22.0 Å². The van der Waals surface area contributed by atoms with Crippen molar-refractivity contribution >= 4 is 45.6 Å². The quantitative estimate of drug-likeness (QED) is 0.324. The minimum Gasteiger partial charge on any atom is -0.455 e. The summed E-state index contributed by atoms with van der Waals surface area (Å²) in [7, 11) is 0. The van der Waals surface area contributed by atoms with E-state index < -0.39 is 10.8 Å². The van der Waals surface area contributed by atoms with E-state index in [1.54, 1.807) is 36.4 Å². The van der Waals surface area contributed by atoms with Crippen molar-refractivity contribution in [2.75, 3.05) is 5.32 Å². The second-order valence-corrected chi connectivity index (χ2v) is 6.84. The maximum Gasteiger partial charge on any atom is 0.324 e. The van der Waals surface area contributed by atoms with Gasteiger partial charge in [0.15, 0.2) is 5.75 Å². The van der Waals surface area contributed by atoms with Crippen LogP contribution in [0.4, 0.5) is 10.7 Å². The lowest BCUT2D eigenvalue weighted by atomic mass is 10.2. The van der Waals surface area contributed by atoms with Gasteiger partial charge in [0.1, 0.15) is 5.75 Å². The van der Waals surface area contributed by atoms with Gasteiger partial charge in [-0.2, -0.15) is 0 Å². The summed E-state index contributed by atoms with van der Waals surface area (Å²) in [4.78, 5) is 23.0. The fourth-order valence-electron chi connectivity index (χ4n) is 2.17. The molecule has 0 radical (unpaired) electrons. The fourth-order valence-corrected chi connectivity index (χ4v) is 3.06. The molecule has 2 aromatic carbocycles. The zero-order chi connectivity index (χ0) is 19.2. The van der Waals surface area contributed by atoms with Crippen molar-refractivity contribution in [3.05, 3.63) is 86.8 Å². The monoisotopic (exact) mass is 400 g/mol. The molecule has 0 bridgehead atoms. The van der Waals surface area contributed by atoms with Crippen LogP contribution >= 0.6 is 22.9 Å². The number of hydrogen-bond donors (Lipinski definition) is 1. The van der Waals surface area contributed by atoms with E-state index in [9.17, 15) is 14.9 Å². The number of carbonyl (C=O) groups is 1. The minimum absolute atomic E-state index is 0.0171. The van der Waals surface area contributed by atoms with E-state index in [0.29, 0.717) is 27.1 Å². The Morgan fingerprint density at radius 2 is 1.93 bits per heavy atom. The molecule has 6 nitrogen and oxygen atoms in total. The molecule has 1 aromatic heterocycles. The van der Waals surface area contributed by atoms with Gasteiger partial charge in [-0.3, -0.25) is 14.9 Å². The number of thiophene rings is 1. The third-order valence-corrected chi connectivity index (χ3v) is 4.60. The average molecular weight is 401 g/mol. The van der Waals surface area contributed by atoms with Crippen LogP contribution in [0.3, 0.4) is 0 Å². The Bertz CT molecular complexity index is 1000. The molecule has 1 heterocycles. The molecule has 0 unspecified atom stereocenters. The molecular formula is C19H13ClN2O4S. The number of nitrogens with one attached hydrogen (secondary N) is 1. The van der Waals surface area contributed by atoms with Crippen LogP contribution in [0.15, 0.2) is 66.7 Å². The first-order chi connectivity index (χ1) is 13.0. The number of amides is 1. The van der Waals surface area contributed by atoms with Gasteiger partial charge in [-0.15, -0.1) is 0 Å². The highest BCUT2D eigenvalue weighted by Crippen LogP contribution is 2.32. The molecule has 1 N–H and O–H groups in total.